The number of β-lactam (4-membered cyclic amide) rings is 1. The number of benzene rings is 1. The molecule has 3 heterocycles. The number of carbonyl (C=O) groups excluding carboxylic acids is 2. The van der Waals surface area contributed by atoms with Gasteiger partial charge in [0.05, 0.1) is 6.20 Å². The van der Waals surface area contributed by atoms with Crippen molar-refractivity contribution < 1.29 is 24.2 Å². The van der Waals surface area contributed by atoms with Crippen LogP contribution in [0.5, 0.6) is 5.75 Å². The molecule has 2 aliphatic rings. The lowest BCUT2D eigenvalue weighted by atomic mass is 9.88. The maximum absolute atomic E-state index is 13.2. The Morgan fingerprint density at radius 3 is 2.84 bits per heavy atom. The van der Waals surface area contributed by atoms with Gasteiger partial charge in [-0.3, -0.25) is 19.5 Å². The summed E-state index contributed by atoms with van der Waals surface area (Å²) < 4.78 is 5.50. The molecule has 0 spiro atoms. The van der Waals surface area contributed by atoms with Gasteiger partial charge in [-0.25, -0.2) is 9.78 Å². The van der Waals surface area contributed by atoms with Gasteiger partial charge in [0.1, 0.15) is 21.8 Å². The summed E-state index contributed by atoms with van der Waals surface area (Å²) in [5.41, 5.74) is -1.34. The van der Waals surface area contributed by atoms with Crippen molar-refractivity contribution in [3.63, 3.8) is 0 Å². The summed E-state index contributed by atoms with van der Waals surface area (Å²) in [5.74, 6) is -0.975. The summed E-state index contributed by atoms with van der Waals surface area (Å²) >= 11 is 2.67. The average molecular weight is 459 g/mol. The number of ether oxygens (including phenoxy) is 1. The third kappa shape index (κ3) is 4.23. The van der Waals surface area contributed by atoms with Crippen molar-refractivity contribution in [2.24, 2.45) is 0 Å². The number of nitrogens with one attached hydrogen (secondary N) is 1. The fourth-order valence-corrected chi connectivity index (χ4v) is 5.75. The van der Waals surface area contributed by atoms with Crippen LogP contribution in [-0.2, 0) is 14.4 Å². The Hall–Kier alpha value is -3.05. The molecule has 0 radical (unpaired) electrons. The van der Waals surface area contributed by atoms with Crippen molar-refractivity contribution in [1.82, 2.24) is 20.2 Å². The molecule has 4 rings (SSSR count). The minimum absolute atomic E-state index is 0.0661. The first-order valence-corrected chi connectivity index (χ1v) is 11.3. The first-order chi connectivity index (χ1) is 15.0. The van der Waals surface area contributed by atoms with Crippen LogP contribution in [0.1, 0.15) is 0 Å². The Kier molecular flexibility index (Phi) is 6.14. The number of thioether (sulfide) groups is 2. The fraction of sp³-hybridized carbons (Fsp3) is 0.250. The summed E-state index contributed by atoms with van der Waals surface area (Å²) in [6.07, 6.45) is 6.15. The molecule has 0 saturated carbocycles. The zero-order valence-corrected chi connectivity index (χ0v) is 17.8. The lowest BCUT2D eigenvalue weighted by Crippen LogP contribution is -2.81. The summed E-state index contributed by atoms with van der Waals surface area (Å²) in [5, 5.41) is 12.3. The number of aliphatic carboxylic acids is 1. The zero-order chi connectivity index (χ0) is 21.8. The SMILES string of the molecule is O=C(COc1ccccc1)NC1(CSc2cnccn2)C(=O)N2C(C(=O)O)=CCS[C@H]21. The number of amides is 2. The van der Waals surface area contributed by atoms with E-state index in [-0.39, 0.29) is 18.1 Å². The van der Waals surface area contributed by atoms with Crippen molar-refractivity contribution in [3.05, 3.63) is 60.7 Å². The van der Waals surface area contributed by atoms with E-state index in [9.17, 15) is 19.5 Å². The Labute approximate surface area is 186 Å². The normalized spacial score (nSPS) is 22.1. The molecule has 1 unspecified atom stereocenters. The summed E-state index contributed by atoms with van der Waals surface area (Å²) in [6.45, 7) is -0.270. The van der Waals surface area contributed by atoms with Gasteiger partial charge in [-0.05, 0) is 18.2 Å². The van der Waals surface area contributed by atoms with Crippen LogP contribution >= 0.6 is 23.5 Å². The van der Waals surface area contributed by atoms with E-state index in [1.807, 2.05) is 6.07 Å². The number of aromatic nitrogens is 2. The van der Waals surface area contributed by atoms with Crippen LogP contribution in [0.25, 0.3) is 0 Å². The predicted octanol–water partition coefficient (Wildman–Crippen LogP) is 1.39. The number of hydrogen-bond acceptors (Lipinski definition) is 8. The Morgan fingerprint density at radius 1 is 1.32 bits per heavy atom. The second kappa shape index (κ2) is 8.98. The predicted molar refractivity (Wildman–Crippen MR) is 114 cm³/mol. The number of carbonyl (C=O) groups is 3. The molecule has 160 valence electrons. The fourth-order valence-electron chi connectivity index (χ4n) is 3.32. The Morgan fingerprint density at radius 2 is 2.13 bits per heavy atom. The zero-order valence-electron chi connectivity index (χ0n) is 16.1. The van der Waals surface area contributed by atoms with Crippen molar-refractivity contribution >= 4 is 41.3 Å². The van der Waals surface area contributed by atoms with E-state index in [1.54, 1.807) is 36.7 Å². The monoisotopic (exact) mass is 458 g/mol. The van der Waals surface area contributed by atoms with E-state index < -0.39 is 28.7 Å². The van der Waals surface area contributed by atoms with Crippen LogP contribution in [0.15, 0.2) is 65.7 Å². The highest BCUT2D eigenvalue weighted by Gasteiger charge is 2.64. The van der Waals surface area contributed by atoms with Gasteiger partial charge in [0.25, 0.3) is 11.8 Å². The molecule has 9 nitrogen and oxygen atoms in total. The van der Waals surface area contributed by atoms with E-state index in [4.69, 9.17) is 4.74 Å². The molecule has 2 amide bonds. The number of hydrogen-bond donors (Lipinski definition) is 2. The van der Waals surface area contributed by atoms with Gasteiger partial charge in [-0.1, -0.05) is 18.2 Å². The maximum Gasteiger partial charge on any atom is 0.352 e. The van der Waals surface area contributed by atoms with Crippen LogP contribution in [0, 0.1) is 0 Å². The Bertz CT molecular complexity index is 1020. The van der Waals surface area contributed by atoms with Crippen LogP contribution in [0.3, 0.4) is 0 Å². The molecule has 31 heavy (non-hydrogen) atoms. The number of rotatable bonds is 8. The minimum atomic E-state index is -1.28. The lowest BCUT2D eigenvalue weighted by Gasteiger charge is -2.56. The van der Waals surface area contributed by atoms with Crippen molar-refractivity contribution in [1.29, 1.82) is 0 Å². The highest BCUT2D eigenvalue weighted by atomic mass is 32.2. The largest absolute Gasteiger partial charge is 0.484 e. The van der Waals surface area contributed by atoms with Gasteiger partial charge < -0.3 is 15.2 Å². The second-order valence-corrected chi connectivity index (χ2v) is 8.82. The first kappa shape index (κ1) is 21.2. The number of para-hydroxylation sites is 1. The standard InChI is InChI=1S/C20H18N4O5S2/c25-15(11-29-13-4-2-1-3-5-13)23-20(12-31-16-10-21-7-8-22-16)18(28)24-14(17(26)27)6-9-30-19(20)24/h1-8,10,19H,9,11-12H2,(H,23,25)(H,26,27)/t19-,20?/m0/s1. The highest BCUT2D eigenvalue weighted by Crippen LogP contribution is 2.46. The minimum Gasteiger partial charge on any atom is -0.484 e. The first-order valence-electron chi connectivity index (χ1n) is 9.27. The molecular weight excluding hydrogens is 440 g/mol. The summed E-state index contributed by atoms with van der Waals surface area (Å²) in [7, 11) is 0. The molecule has 2 atom stereocenters. The van der Waals surface area contributed by atoms with Crippen LogP contribution in [0.2, 0.25) is 0 Å². The van der Waals surface area contributed by atoms with E-state index in [0.29, 0.717) is 16.5 Å². The van der Waals surface area contributed by atoms with Gasteiger partial charge >= 0.3 is 5.97 Å². The van der Waals surface area contributed by atoms with Crippen LogP contribution in [-0.4, -0.2) is 66.8 Å². The van der Waals surface area contributed by atoms with Gasteiger partial charge in [-0.2, -0.15) is 0 Å². The molecule has 2 aliphatic heterocycles. The number of nitrogens with zero attached hydrogens (tertiary/aromatic N) is 3. The van der Waals surface area contributed by atoms with Crippen molar-refractivity contribution in [2.45, 2.75) is 15.9 Å². The van der Waals surface area contributed by atoms with Crippen LogP contribution < -0.4 is 10.1 Å². The third-order valence-corrected chi connectivity index (χ3v) is 7.12. The van der Waals surface area contributed by atoms with E-state index >= 15 is 0 Å². The van der Waals surface area contributed by atoms with Crippen molar-refractivity contribution in [3.8, 4) is 5.75 Å². The maximum atomic E-state index is 13.2. The average Bonchev–Trinajstić information content (AvgIpc) is 2.81. The summed E-state index contributed by atoms with van der Waals surface area (Å²) in [4.78, 5) is 46.8. The number of carboxylic acid groups (broad SMARTS) is 1. The number of carboxylic acids is 1. The van der Waals surface area contributed by atoms with E-state index in [2.05, 4.69) is 15.3 Å². The Balaban J connectivity index is 1.52. The second-order valence-electron chi connectivity index (χ2n) is 6.71. The molecule has 11 heteroatoms. The molecule has 1 aromatic heterocycles. The molecule has 2 aromatic rings. The molecule has 1 saturated heterocycles. The molecule has 1 aromatic carbocycles. The molecule has 1 fully saturated rings. The third-order valence-electron chi connectivity index (χ3n) is 4.73. The van der Waals surface area contributed by atoms with Gasteiger partial charge in [-0.15, -0.1) is 23.5 Å². The van der Waals surface area contributed by atoms with Gasteiger partial charge in [0, 0.05) is 23.9 Å². The topological polar surface area (TPSA) is 122 Å². The van der Waals surface area contributed by atoms with Crippen molar-refractivity contribution in [2.75, 3.05) is 18.1 Å². The van der Waals surface area contributed by atoms with Crippen LogP contribution in [0.4, 0.5) is 0 Å². The molecule has 0 aliphatic carbocycles. The van der Waals surface area contributed by atoms with E-state index in [1.165, 1.54) is 40.7 Å². The molecule has 0 bridgehead atoms. The van der Waals surface area contributed by atoms with E-state index in [0.717, 1.165) is 0 Å². The highest BCUT2D eigenvalue weighted by molar-refractivity contribution is 8.01. The van der Waals surface area contributed by atoms with Gasteiger partial charge in [0.15, 0.2) is 12.1 Å². The lowest BCUT2D eigenvalue weighted by molar-refractivity contribution is -0.157. The molecule has 2 N–H and O–H groups in total. The van der Waals surface area contributed by atoms with Gasteiger partial charge in [0.2, 0.25) is 0 Å². The smallest absolute Gasteiger partial charge is 0.352 e. The number of fused-ring (bicyclic) bond motifs is 1. The molecular formula is C20H18N4O5S2. The summed E-state index contributed by atoms with van der Waals surface area (Å²) in [6, 6.07) is 8.87. The quantitative estimate of drug-likeness (QED) is 0.446.